The van der Waals surface area contributed by atoms with E-state index < -0.39 is 81.5 Å². The van der Waals surface area contributed by atoms with Gasteiger partial charge in [0.25, 0.3) is 0 Å². The van der Waals surface area contributed by atoms with E-state index in [9.17, 15) is 67.1 Å². The fourth-order valence-corrected chi connectivity index (χ4v) is 3.59. The second kappa shape index (κ2) is 10.6. The number of nitrogens with one attached hydrogen (secondary N) is 1. The molecule has 0 radical (unpaired) electrons. The average molecular weight is 585 g/mol. The first-order valence-corrected chi connectivity index (χ1v) is 10.4. The molecule has 0 spiro atoms. The number of anilines is 1. The zero-order chi connectivity index (χ0) is 29.4. The van der Waals surface area contributed by atoms with Crippen LogP contribution in [0.5, 0.6) is 0 Å². The number of carbonyl (C=O) groups is 3. The van der Waals surface area contributed by atoms with Crippen molar-refractivity contribution < 1.29 is 76.5 Å². The van der Waals surface area contributed by atoms with Crippen molar-refractivity contribution in [3.8, 4) is 0 Å². The molecule has 0 saturated heterocycles. The number of rotatable bonds is 11. The zero-order valence-electron chi connectivity index (χ0n) is 18.5. The van der Waals surface area contributed by atoms with Gasteiger partial charge in [0.1, 0.15) is 9.88 Å². The molecule has 1 rings (SSSR count). The van der Waals surface area contributed by atoms with E-state index in [1.165, 1.54) is 13.8 Å². The van der Waals surface area contributed by atoms with Crippen LogP contribution in [0.1, 0.15) is 39.4 Å². The van der Waals surface area contributed by atoms with Crippen molar-refractivity contribution in [3.63, 3.8) is 0 Å². The van der Waals surface area contributed by atoms with Crippen molar-refractivity contribution in [2.24, 2.45) is 0 Å². The monoisotopic (exact) mass is 585 g/mol. The van der Waals surface area contributed by atoms with E-state index in [4.69, 9.17) is 0 Å². The topological polar surface area (TPSA) is 81.7 Å². The maximum atomic E-state index is 14.2. The second-order valence-electron chi connectivity index (χ2n) is 6.88. The van der Waals surface area contributed by atoms with Gasteiger partial charge < -0.3 is 14.8 Å². The summed E-state index contributed by atoms with van der Waals surface area (Å²) < 4.78 is 170. The van der Waals surface area contributed by atoms with Crippen molar-refractivity contribution >= 4 is 34.2 Å². The van der Waals surface area contributed by atoms with E-state index in [0.29, 0.717) is 0 Å². The summed E-state index contributed by atoms with van der Waals surface area (Å²) in [7, 11) is 0. The van der Waals surface area contributed by atoms with Gasteiger partial charge in [-0.15, -0.1) is 11.3 Å². The van der Waals surface area contributed by atoms with Crippen LogP contribution in [-0.2, 0) is 14.3 Å². The molecule has 1 heterocycles. The van der Waals surface area contributed by atoms with Gasteiger partial charge in [0, 0.05) is 0 Å². The molecule has 0 unspecified atom stereocenters. The van der Waals surface area contributed by atoms with E-state index in [0.717, 1.165) is 12.2 Å². The van der Waals surface area contributed by atoms with Crippen molar-refractivity contribution in [2.45, 2.75) is 56.8 Å². The molecule has 0 aliphatic heterocycles. The lowest BCUT2D eigenvalue weighted by molar-refractivity contribution is -0.406. The summed E-state index contributed by atoms with van der Waals surface area (Å²) in [5.41, 5.74) is -1.36. The van der Waals surface area contributed by atoms with E-state index in [2.05, 4.69) is 9.47 Å². The maximum absolute atomic E-state index is 14.2. The van der Waals surface area contributed by atoms with Crippen LogP contribution in [0.4, 0.5) is 57.7 Å². The summed E-state index contributed by atoms with van der Waals surface area (Å²) in [6.07, 6.45) is -5.70. The van der Waals surface area contributed by atoms with E-state index >= 15 is 0 Å². The molecule has 37 heavy (non-hydrogen) atoms. The Hall–Kier alpha value is -2.73. The molecule has 1 N–H and O–H groups in total. The molecule has 19 heteroatoms. The van der Waals surface area contributed by atoms with E-state index in [1.807, 2.05) is 0 Å². The summed E-state index contributed by atoms with van der Waals surface area (Å²) >= 11 is -0.0757. The highest BCUT2D eigenvalue weighted by molar-refractivity contribution is 7.18. The molecule has 0 aliphatic rings. The standard InChI is InChI=1S/C18H15F12NO5S/c1-4-35-10(32)7-6(3)8(11(33)36-5-2)37-9(7)31-13(34)15(23,24)17(27,28)18(29,30)16(25,26)14(21,22)12(19)20/h12H,4-5H2,1-3H3,(H,31,34). The number of thiophene rings is 1. The van der Waals surface area contributed by atoms with E-state index in [1.54, 1.807) is 0 Å². The van der Waals surface area contributed by atoms with Crippen molar-refractivity contribution in [1.29, 1.82) is 0 Å². The van der Waals surface area contributed by atoms with E-state index in [-0.39, 0.29) is 17.9 Å². The van der Waals surface area contributed by atoms with Crippen LogP contribution in [0.2, 0.25) is 0 Å². The Balaban J connectivity index is 3.59. The number of alkyl halides is 12. The molecular formula is C18H15F12NO5S. The largest absolute Gasteiger partial charge is 0.462 e. The van der Waals surface area contributed by atoms with Crippen LogP contribution >= 0.6 is 11.3 Å². The van der Waals surface area contributed by atoms with Crippen LogP contribution in [0.3, 0.4) is 0 Å². The number of amides is 1. The molecule has 0 fully saturated rings. The molecule has 212 valence electrons. The van der Waals surface area contributed by atoms with Crippen molar-refractivity contribution in [2.75, 3.05) is 18.5 Å². The molecule has 1 amide bonds. The SMILES string of the molecule is CCOC(=O)c1sc(NC(=O)C(F)(F)C(F)(F)C(F)(F)C(F)(F)C(F)(F)C(F)F)c(C(=O)OCC)c1C. The van der Waals surface area contributed by atoms with Gasteiger partial charge in [0.05, 0.1) is 18.8 Å². The second-order valence-corrected chi connectivity index (χ2v) is 7.90. The minimum absolute atomic E-state index is 0.0757. The summed E-state index contributed by atoms with van der Waals surface area (Å²) in [5.74, 6) is -43.9. The normalized spacial score (nSPS) is 13.5. The minimum Gasteiger partial charge on any atom is -0.462 e. The van der Waals surface area contributed by atoms with Gasteiger partial charge in [-0.2, -0.15) is 43.9 Å². The predicted octanol–water partition coefficient (Wildman–Crippen LogP) is 5.79. The van der Waals surface area contributed by atoms with Crippen molar-refractivity contribution in [3.05, 3.63) is 16.0 Å². The molecule has 0 aliphatic carbocycles. The lowest BCUT2D eigenvalue weighted by atomic mass is 9.94. The first kappa shape index (κ1) is 32.3. The van der Waals surface area contributed by atoms with Gasteiger partial charge >= 0.3 is 53.9 Å². The number of halogens is 12. The molecule has 0 atom stereocenters. The van der Waals surface area contributed by atoms with Crippen LogP contribution in [-0.4, -0.2) is 67.1 Å². The Morgan fingerprint density at radius 2 is 1.27 bits per heavy atom. The molecular weight excluding hydrogens is 570 g/mol. The lowest BCUT2D eigenvalue weighted by Crippen LogP contribution is -2.70. The summed E-state index contributed by atoms with van der Waals surface area (Å²) in [4.78, 5) is 35.4. The van der Waals surface area contributed by atoms with Gasteiger partial charge in [0.2, 0.25) is 0 Å². The Bertz CT molecular complexity index is 1040. The smallest absolute Gasteiger partial charge is 0.393 e. The number of hydrogen-bond acceptors (Lipinski definition) is 6. The molecule has 6 nitrogen and oxygen atoms in total. The van der Waals surface area contributed by atoms with Gasteiger partial charge in [-0.1, -0.05) is 0 Å². The third-order valence-corrected chi connectivity index (χ3v) is 5.66. The third kappa shape index (κ3) is 5.18. The van der Waals surface area contributed by atoms with Crippen molar-refractivity contribution in [1.82, 2.24) is 0 Å². The highest BCUT2D eigenvalue weighted by atomic mass is 32.1. The Kier molecular flexibility index (Phi) is 9.22. The highest BCUT2D eigenvalue weighted by Crippen LogP contribution is 2.58. The van der Waals surface area contributed by atoms with Crippen LogP contribution < -0.4 is 5.32 Å². The van der Waals surface area contributed by atoms with Gasteiger partial charge in [-0.3, -0.25) is 4.79 Å². The number of esters is 2. The van der Waals surface area contributed by atoms with Gasteiger partial charge in [-0.25, -0.2) is 18.4 Å². The number of carbonyl (C=O) groups excluding carboxylic acids is 3. The van der Waals surface area contributed by atoms with Crippen LogP contribution in [0.25, 0.3) is 0 Å². The zero-order valence-corrected chi connectivity index (χ0v) is 19.3. The first-order valence-electron chi connectivity index (χ1n) is 9.54. The minimum atomic E-state index is -7.92. The highest BCUT2D eigenvalue weighted by Gasteiger charge is 2.89. The molecule has 0 bridgehead atoms. The molecule has 1 aromatic heterocycles. The van der Waals surface area contributed by atoms with Gasteiger partial charge in [0.15, 0.2) is 0 Å². The maximum Gasteiger partial charge on any atom is 0.393 e. The predicted molar refractivity (Wildman–Crippen MR) is 100 cm³/mol. The fourth-order valence-electron chi connectivity index (χ4n) is 2.51. The van der Waals surface area contributed by atoms with Crippen LogP contribution in [0, 0.1) is 6.92 Å². The average Bonchev–Trinajstić information content (AvgIpc) is 3.09. The number of hydrogen-bond donors (Lipinski definition) is 1. The molecule has 0 saturated carbocycles. The molecule has 1 aromatic rings. The number of ether oxygens (including phenoxy) is 2. The Morgan fingerprint density at radius 1 is 0.811 bits per heavy atom. The summed E-state index contributed by atoms with van der Waals surface area (Å²) in [6, 6.07) is 0. The third-order valence-electron chi connectivity index (χ3n) is 4.48. The fraction of sp³-hybridized carbons (Fsp3) is 0.611. The molecule has 0 aromatic carbocycles. The quantitative estimate of drug-likeness (QED) is 0.263. The van der Waals surface area contributed by atoms with Gasteiger partial charge in [-0.05, 0) is 26.3 Å². The lowest BCUT2D eigenvalue weighted by Gasteiger charge is -2.38. The van der Waals surface area contributed by atoms with Crippen LogP contribution in [0.15, 0.2) is 0 Å². The Labute approximate surface area is 202 Å². The summed E-state index contributed by atoms with van der Waals surface area (Å²) in [6.45, 7) is 2.84. The summed E-state index contributed by atoms with van der Waals surface area (Å²) in [5, 5.41) is -0.335. The Morgan fingerprint density at radius 3 is 1.70 bits per heavy atom. The first-order chi connectivity index (χ1) is 16.6.